The highest BCUT2D eigenvalue weighted by molar-refractivity contribution is 5.28. The van der Waals surface area contributed by atoms with Crippen LogP contribution in [0.1, 0.15) is 24.1 Å². The Kier molecular flexibility index (Phi) is 2.60. The lowest BCUT2D eigenvalue weighted by atomic mass is 10.0. The third-order valence-electron chi connectivity index (χ3n) is 1.69. The maximum Gasteiger partial charge on any atom is 0.115 e. The first kappa shape index (κ1) is 8.21. The molecule has 1 aromatic carbocycles. The summed E-state index contributed by atoms with van der Waals surface area (Å²) in [7, 11) is 0. The van der Waals surface area contributed by atoms with E-state index in [-0.39, 0.29) is 6.04 Å². The molecule has 11 heavy (non-hydrogen) atoms. The minimum absolute atomic E-state index is 0.0815. The van der Waals surface area contributed by atoms with Gasteiger partial charge in [0.15, 0.2) is 0 Å². The maximum atomic E-state index is 12.3. The van der Waals surface area contributed by atoms with Gasteiger partial charge in [-0.2, -0.15) is 0 Å². The lowest BCUT2D eigenvalue weighted by Gasteiger charge is -2.08. The quantitative estimate of drug-likeness (QED) is 0.692. The Hall–Kier alpha value is -0.890. The molecule has 0 saturated carbocycles. The van der Waals surface area contributed by atoms with Crippen molar-refractivity contribution in [3.05, 3.63) is 35.4 Å². The minimum Gasteiger partial charge on any atom is -0.324 e. The lowest BCUT2D eigenvalue weighted by Crippen LogP contribution is -2.07. The van der Waals surface area contributed by atoms with Crippen molar-refractivity contribution in [2.75, 3.05) is 0 Å². The van der Waals surface area contributed by atoms with Gasteiger partial charge < -0.3 is 5.73 Å². The van der Waals surface area contributed by atoms with Crippen molar-refractivity contribution in [1.82, 2.24) is 0 Å². The van der Waals surface area contributed by atoms with E-state index in [1.807, 2.05) is 25.1 Å². The summed E-state index contributed by atoms with van der Waals surface area (Å²) in [6.45, 7) is 1.42. The molecule has 1 aromatic rings. The number of alkyl halides is 1. The first-order chi connectivity index (χ1) is 5.25. The van der Waals surface area contributed by atoms with E-state index in [1.54, 1.807) is 6.07 Å². The molecule has 0 radical (unpaired) electrons. The van der Waals surface area contributed by atoms with Gasteiger partial charge in [0.1, 0.15) is 6.67 Å². The van der Waals surface area contributed by atoms with E-state index in [0.717, 1.165) is 5.56 Å². The summed E-state index contributed by atoms with van der Waals surface area (Å²) in [5.74, 6) is 0. The molecule has 1 nitrogen and oxygen atoms in total. The zero-order valence-electron chi connectivity index (χ0n) is 6.55. The van der Waals surface area contributed by atoms with Crippen LogP contribution >= 0.6 is 0 Å². The summed E-state index contributed by atoms with van der Waals surface area (Å²) in [5.41, 5.74) is 7.22. The normalized spacial score (nSPS) is 13.0. The van der Waals surface area contributed by atoms with Crippen LogP contribution in [-0.2, 0) is 6.67 Å². The predicted octanol–water partition coefficient (Wildman–Crippen LogP) is 2.18. The van der Waals surface area contributed by atoms with Gasteiger partial charge in [-0.3, -0.25) is 0 Å². The summed E-state index contributed by atoms with van der Waals surface area (Å²) in [5, 5.41) is 0. The molecular weight excluding hydrogens is 141 g/mol. The number of hydrogen-bond donors (Lipinski definition) is 1. The Balaban J connectivity index is 3.02. The fraction of sp³-hybridized carbons (Fsp3) is 0.333. The second-order valence-corrected chi connectivity index (χ2v) is 2.62. The molecule has 0 fully saturated rings. The fourth-order valence-electron chi connectivity index (χ4n) is 1.10. The standard InChI is InChI=1S/C9H12FN/c1-7(11)9-5-3-2-4-8(9)6-10/h2-5,7H,6,11H2,1H3. The van der Waals surface area contributed by atoms with Crippen molar-refractivity contribution in [1.29, 1.82) is 0 Å². The topological polar surface area (TPSA) is 26.0 Å². The molecule has 0 aromatic heterocycles. The van der Waals surface area contributed by atoms with Crippen LogP contribution in [0.5, 0.6) is 0 Å². The Morgan fingerprint density at radius 3 is 2.55 bits per heavy atom. The number of rotatable bonds is 2. The molecular formula is C9H12FN. The Morgan fingerprint density at radius 2 is 2.09 bits per heavy atom. The SMILES string of the molecule is CC(N)c1ccccc1CF. The van der Waals surface area contributed by atoms with E-state index in [4.69, 9.17) is 5.73 Å². The van der Waals surface area contributed by atoms with Gasteiger partial charge in [-0.1, -0.05) is 24.3 Å². The average molecular weight is 153 g/mol. The third-order valence-corrected chi connectivity index (χ3v) is 1.69. The van der Waals surface area contributed by atoms with E-state index in [1.165, 1.54) is 0 Å². The molecule has 2 N–H and O–H groups in total. The van der Waals surface area contributed by atoms with Gasteiger partial charge >= 0.3 is 0 Å². The first-order valence-electron chi connectivity index (χ1n) is 3.65. The van der Waals surface area contributed by atoms with Crippen LogP contribution in [0.4, 0.5) is 4.39 Å². The van der Waals surface area contributed by atoms with Gasteiger partial charge in [0.25, 0.3) is 0 Å². The number of halogens is 1. The molecule has 0 aliphatic rings. The second-order valence-electron chi connectivity index (χ2n) is 2.62. The van der Waals surface area contributed by atoms with Crippen LogP contribution in [0.3, 0.4) is 0 Å². The maximum absolute atomic E-state index is 12.3. The molecule has 1 rings (SSSR count). The van der Waals surface area contributed by atoms with Crippen LogP contribution in [0, 0.1) is 0 Å². The molecule has 0 aliphatic carbocycles. The highest BCUT2D eigenvalue weighted by Crippen LogP contribution is 2.15. The van der Waals surface area contributed by atoms with Crippen molar-refractivity contribution in [3.8, 4) is 0 Å². The van der Waals surface area contributed by atoms with Crippen molar-refractivity contribution in [2.45, 2.75) is 19.6 Å². The van der Waals surface area contributed by atoms with Gasteiger partial charge in [-0.05, 0) is 18.1 Å². The molecule has 0 saturated heterocycles. The fourth-order valence-corrected chi connectivity index (χ4v) is 1.10. The molecule has 2 heteroatoms. The molecule has 0 aliphatic heterocycles. The van der Waals surface area contributed by atoms with Gasteiger partial charge in [0, 0.05) is 6.04 Å². The smallest absolute Gasteiger partial charge is 0.115 e. The Labute approximate surface area is 66.0 Å². The zero-order chi connectivity index (χ0) is 8.27. The minimum atomic E-state index is -0.433. The van der Waals surface area contributed by atoms with E-state index >= 15 is 0 Å². The molecule has 1 atom stereocenters. The Morgan fingerprint density at radius 1 is 1.45 bits per heavy atom. The van der Waals surface area contributed by atoms with Crippen molar-refractivity contribution >= 4 is 0 Å². The van der Waals surface area contributed by atoms with Crippen LogP contribution in [-0.4, -0.2) is 0 Å². The summed E-state index contributed by atoms with van der Waals surface area (Å²) in [6.07, 6.45) is 0. The summed E-state index contributed by atoms with van der Waals surface area (Å²) < 4.78 is 12.3. The lowest BCUT2D eigenvalue weighted by molar-refractivity contribution is 0.480. The highest BCUT2D eigenvalue weighted by Gasteiger charge is 2.03. The molecule has 1 unspecified atom stereocenters. The van der Waals surface area contributed by atoms with Gasteiger partial charge in [-0.25, -0.2) is 4.39 Å². The summed E-state index contributed by atoms with van der Waals surface area (Å²) in [4.78, 5) is 0. The Bertz CT molecular complexity index is 233. The van der Waals surface area contributed by atoms with Crippen LogP contribution in [0.15, 0.2) is 24.3 Å². The summed E-state index contributed by atoms with van der Waals surface area (Å²) in [6, 6.07) is 7.23. The molecule has 0 amide bonds. The molecule has 60 valence electrons. The predicted molar refractivity (Wildman–Crippen MR) is 43.9 cm³/mol. The monoisotopic (exact) mass is 153 g/mol. The molecule has 0 bridgehead atoms. The average Bonchev–Trinajstić information content (AvgIpc) is 2.04. The van der Waals surface area contributed by atoms with E-state index < -0.39 is 6.67 Å². The highest BCUT2D eigenvalue weighted by atomic mass is 19.1. The van der Waals surface area contributed by atoms with Gasteiger partial charge in [0.05, 0.1) is 0 Å². The van der Waals surface area contributed by atoms with Gasteiger partial charge in [0.2, 0.25) is 0 Å². The van der Waals surface area contributed by atoms with Crippen molar-refractivity contribution in [2.24, 2.45) is 5.73 Å². The largest absolute Gasteiger partial charge is 0.324 e. The number of nitrogens with two attached hydrogens (primary N) is 1. The molecule has 0 spiro atoms. The van der Waals surface area contributed by atoms with Crippen molar-refractivity contribution in [3.63, 3.8) is 0 Å². The van der Waals surface area contributed by atoms with Gasteiger partial charge in [-0.15, -0.1) is 0 Å². The van der Waals surface area contributed by atoms with E-state index in [2.05, 4.69) is 0 Å². The zero-order valence-corrected chi connectivity index (χ0v) is 6.55. The van der Waals surface area contributed by atoms with Crippen molar-refractivity contribution < 1.29 is 4.39 Å². The third kappa shape index (κ3) is 1.77. The summed E-state index contributed by atoms with van der Waals surface area (Å²) >= 11 is 0. The van der Waals surface area contributed by atoms with E-state index in [0.29, 0.717) is 5.56 Å². The second kappa shape index (κ2) is 3.49. The number of hydrogen-bond acceptors (Lipinski definition) is 1. The first-order valence-corrected chi connectivity index (χ1v) is 3.65. The van der Waals surface area contributed by atoms with Crippen LogP contribution in [0.2, 0.25) is 0 Å². The van der Waals surface area contributed by atoms with Crippen LogP contribution < -0.4 is 5.73 Å². The van der Waals surface area contributed by atoms with Crippen LogP contribution in [0.25, 0.3) is 0 Å². The number of benzene rings is 1. The van der Waals surface area contributed by atoms with E-state index in [9.17, 15) is 4.39 Å². The molecule has 0 heterocycles.